The van der Waals surface area contributed by atoms with Crippen LogP contribution in [0.1, 0.15) is 23.6 Å². The van der Waals surface area contributed by atoms with Crippen LogP contribution in [0.25, 0.3) is 6.08 Å². The van der Waals surface area contributed by atoms with Crippen molar-refractivity contribution in [1.82, 2.24) is 5.32 Å². The molecule has 0 atom stereocenters. The Balaban J connectivity index is 2.19. The van der Waals surface area contributed by atoms with Gasteiger partial charge >= 0.3 is 0 Å². The predicted molar refractivity (Wildman–Crippen MR) is 96.3 cm³/mol. The van der Waals surface area contributed by atoms with Crippen molar-refractivity contribution in [1.29, 1.82) is 0 Å². The van der Waals surface area contributed by atoms with Crippen LogP contribution in [0, 0.1) is 12.7 Å². The summed E-state index contributed by atoms with van der Waals surface area (Å²) in [5.41, 5.74) is 14.6. The molecule has 0 heterocycles. The van der Waals surface area contributed by atoms with E-state index in [-0.39, 0.29) is 11.6 Å². The molecular formula is C19H24FN3O. The molecule has 2 aromatic carbocycles. The van der Waals surface area contributed by atoms with Gasteiger partial charge in [0.15, 0.2) is 11.6 Å². The van der Waals surface area contributed by atoms with Crippen molar-refractivity contribution in [2.45, 2.75) is 20.4 Å². The smallest absolute Gasteiger partial charge is 0.166 e. The fourth-order valence-electron chi connectivity index (χ4n) is 2.39. The summed E-state index contributed by atoms with van der Waals surface area (Å²) in [5.74, 6) is 0.440. The number of aryl methyl sites for hydroxylation is 1. The molecule has 2 rings (SSSR count). The average Bonchev–Trinajstić information content (AvgIpc) is 2.57. The first-order chi connectivity index (χ1) is 11.5. The summed E-state index contributed by atoms with van der Waals surface area (Å²) in [5, 5.41) is 3.03. The number of hydrogen-bond donors (Lipinski definition) is 3. The standard InChI is InChI=1S/C19H24FN3O/c1-13(11-23-12-22)7-16-8-14(2)19(18(20)9-16)24-17-5-3-15(10-21)4-6-17/h3-9,23H,10-12,21-22H2,1-2H3/b13-7+. The first-order valence-electron chi connectivity index (χ1n) is 7.88. The molecule has 0 aromatic heterocycles. The highest BCUT2D eigenvalue weighted by Gasteiger charge is 2.10. The molecule has 4 nitrogen and oxygen atoms in total. The van der Waals surface area contributed by atoms with Crippen LogP contribution in [0.2, 0.25) is 0 Å². The van der Waals surface area contributed by atoms with E-state index in [4.69, 9.17) is 16.2 Å². The number of nitrogens with one attached hydrogen (secondary N) is 1. The maximum atomic E-state index is 14.4. The molecule has 0 radical (unpaired) electrons. The largest absolute Gasteiger partial charge is 0.454 e. The van der Waals surface area contributed by atoms with E-state index in [1.165, 1.54) is 6.07 Å². The molecule has 0 unspecified atom stereocenters. The predicted octanol–water partition coefficient (Wildman–Crippen LogP) is 3.29. The van der Waals surface area contributed by atoms with Crippen LogP contribution in [0.5, 0.6) is 11.5 Å². The minimum Gasteiger partial charge on any atom is -0.454 e. The normalized spacial score (nSPS) is 11.6. The Kier molecular flexibility index (Phi) is 6.49. The van der Waals surface area contributed by atoms with Gasteiger partial charge in [0.05, 0.1) is 0 Å². The van der Waals surface area contributed by atoms with E-state index >= 15 is 0 Å². The number of rotatable bonds is 7. The zero-order chi connectivity index (χ0) is 17.5. The van der Waals surface area contributed by atoms with Gasteiger partial charge in [-0.25, -0.2) is 4.39 Å². The summed E-state index contributed by atoms with van der Waals surface area (Å²) < 4.78 is 20.1. The first-order valence-corrected chi connectivity index (χ1v) is 7.88. The number of hydrogen-bond acceptors (Lipinski definition) is 4. The van der Waals surface area contributed by atoms with Crippen LogP contribution >= 0.6 is 0 Å². The number of ether oxygens (including phenoxy) is 1. The van der Waals surface area contributed by atoms with E-state index in [1.54, 1.807) is 12.1 Å². The van der Waals surface area contributed by atoms with E-state index in [0.29, 0.717) is 25.5 Å². The molecule has 0 aliphatic rings. The second kappa shape index (κ2) is 8.59. The quantitative estimate of drug-likeness (QED) is 0.682. The second-order valence-corrected chi connectivity index (χ2v) is 5.72. The zero-order valence-electron chi connectivity index (χ0n) is 14.1. The second-order valence-electron chi connectivity index (χ2n) is 5.72. The molecular weight excluding hydrogens is 305 g/mol. The molecule has 0 aliphatic heterocycles. The lowest BCUT2D eigenvalue weighted by atomic mass is 10.1. The van der Waals surface area contributed by atoms with E-state index < -0.39 is 0 Å². The van der Waals surface area contributed by atoms with Crippen LogP contribution in [0.3, 0.4) is 0 Å². The van der Waals surface area contributed by atoms with E-state index in [9.17, 15) is 4.39 Å². The SMILES string of the molecule is C/C(=C\c1cc(C)c(Oc2ccc(CN)cc2)c(F)c1)CNCN. The number of benzene rings is 2. The van der Waals surface area contributed by atoms with Crippen LogP contribution < -0.4 is 21.5 Å². The van der Waals surface area contributed by atoms with Gasteiger partial charge in [-0.05, 0) is 54.8 Å². The highest BCUT2D eigenvalue weighted by molar-refractivity contribution is 5.56. The van der Waals surface area contributed by atoms with E-state index in [2.05, 4.69) is 5.32 Å². The van der Waals surface area contributed by atoms with Crippen molar-refractivity contribution in [2.24, 2.45) is 11.5 Å². The Morgan fingerprint density at radius 1 is 1.21 bits per heavy atom. The maximum Gasteiger partial charge on any atom is 0.166 e. The minimum atomic E-state index is -0.385. The molecule has 5 N–H and O–H groups in total. The number of nitrogens with two attached hydrogens (primary N) is 2. The molecule has 0 saturated carbocycles. The molecule has 0 fully saturated rings. The van der Waals surface area contributed by atoms with Crippen LogP contribution in [-0.4, -0.2) is 13.2 Å². The van der Waals surface area contributed by atoms with E-state index in [1.807, 2.05) is 38.1 Å². The third-order valence-corrected chi connectivity index (χ3v) is 3.59. The average molecular weight is 329 g/mol. The van der Waals surface area contributed by atoms with Crippen molar-refractivity contribution in [3.63, 3.8) is 0 Å². The lowest BCUT2D eigenvalue weighted by molar-refractivity contribution is 0.438. The summed E-state index contributed by atoms with van der Waals surface area (Å²) in [6, 6.07) is 10.7. The molecule has 5 heteroatoms. The van der Waals surface area contributed by atoms with Gasteiger partial charge in [-0.3, -0.25) is 0 Å². The van der Waals surface area contributed by atoms with Gasteiger partial charge in [0.2, 0.25) is 0 Å². The lowest BCUT2D eigenvalue weighted by Crippen LogP contribution is -2.23. The highest BCUT2D eigenvalue weighted by atomic mass is 19.1. The van der Waals surface area contributed by atoms with Gasteiger partial charge in [-0.15, -0.1) is 0 Å². The Hall–Kier alpha value is -2.21. The minimum absolute atomic E-state index is 0.241. The van der Waals surface area contributed by atoms with Crippen molar-refractivity contribution >= 4 is 6.08 Å². The summed E-state index contributed by atoms with van der Waals surface area (Å²) >= 11 is 0. The van der Waals surface area contributed by atoms with Gasteiger partial charge in [-0.2, -0.15) is 0 Å². The molecule has 0 spiro atoms. The van der Waals surface area contributed by atoms with Gasteiger partial charge in [-0.1, -0.05) is 23.8 Å². The molecule has 2 aromatic rings. The Morgan fingerprint density at radius 3 is 2.50 bits per heavy atom. The summed E-state index contributed by atoms with van der Waals surface area (Å²) in [4.78, 5) is 0. The molecule has 24 heavy (non-hydrogen) atoms. The Labute approximate surface area is 142 Å². The number of halogens is 1. The molecule has 0 saturated heterocycles. The lowest BCUT2D eigenvalue weighted by Gasteiger charge is -2.12. The van der Waals surface area contributed by atoms with Crippen molar-refractivity contribution in [3.8, 4) is 11.5 Å². The third kappa shape index (κ3) is 4.89. The summed E-state index contributed by atoms with van der Waals surface area (Å²) in [6.07, 6.45) is 1.93. The van der Waals surface area contributed by atoms with Crippen molar-refractivity contribution < 1.29 is 9.13 Å². The topological polar surface area (TPSA) is 73.3 Å². The molecule has 0 aliphatic carbocycles. The maximum absolute atomic E-state index is 14.4. The van der Waals surface area contributed by atoms with Crippen LogP contribution in [0.15, 0.2) is 42.0 Å². The fraction of sp³-hybridized carbons (Fsp3) is 0.263. The molecule has 128 valence electrons. The van der Waals surface area contributed by atoms with Crippen LogP contribution in [0.4, 0.5) is 4.39 Å². The Bertz CT molecular complexity index is 688. The highest BCUT2D eigenvalue weighted by Crippen LogP contribution is 2.30. The Morgan fingerprint density at radius 2 is 1.92 bits per heavy atom. The first kappa shape index (κ1) is 18.1. The third-order valence-electron chi connectivity index (χ3n) is 3.59. The van der Waals surface area contributed by atoms with E-state index in [0.717, 1.165) is 22.3 Å². The summed E-state index contributed by atoms with van der Waals surface area (Å²) in [6.45, 7) is 5.35. The van der Waals surface area contributed by atoms with Crippen molar-refractivity contribution in [3.05, 3.63) is 64.5 Å². The van der Waals surface area contributed by atoms with Gasteiger partial charge in [0, 0.05) is 19.8 Å². The molecule has 0 bridgehead atoms. The van der Waals surface area contributed by atoms with Gasteiger partial charge in [0.25, 0.3) is 0 Å². The van der Waals surface area contributed by atoms with Crippen LogP contribution in [-0.2, 0) is 6.54 Å². The monoisotopic (exact) mass is 329 g/mol. The summed E-state index contributed by atoms with van der Waals surface area (Å²) in [7, 11) is 0. The van der Waals surface area contributed by atoms with Crippen molar-refractivity contribution in [2.75, 3.05) is 13.2 Å². The van der Waals surface area contributed by atoms with Gasteiger partial charge in [0.1, 0.15) is 5.75 Å². The zero-order valence-corrected chi connectivity index (χ0v) is 14.1. The fourth-order valence-corrected chi connectivity index (χ4v) is 2.39. The molecule has 0 amide bonds. The van der Waals surface area contributed by atoms with Gasteiger partial charge < -0.3 is 21.5 Å².